The van der Waals surface area contributed by atoms with Crippen LogP contribution in [0.1, 0.15) is 59.3 Å². The van der Waals surface area contributed by atoms with Gasteiger partial charge in [0.2, 0.25) is 5.91 Å². The highest BCUT2D eigenvalue weighted by molar-refractivity contribution is 5.83. The molecule has 0 bridgehead atoms. The zero-order chi connectivity index (χ0) is 16.2. The summed E-state index contributed by atoms with van der Waals surface area (Å²) in [5.41, 5.74) is 5.93. The van der Waals surface area contributed by atoms with Crippen LogP contribution in [0.15, 0.2) is 0 Å². The molecule has 2 fully saturated rings. The second-order valence-electron chi connectivity index (χ2n) is 8.39. The summed E-state index contributed by atoms with van der Waals surface area (Å²) in [6.07, 6.45) is 6.57. The van der Waals surface area contributed by atoms with E-state index in [9.17, 15) is 4.79 Å². The van der Waals surface area contributed by atoms with Crippen molar-refractivity contribution in [2.24, 2.45) is 28.4 Å². The van der Waals surface area contributed by atoms with Gasteiger partial charge in [0.05, 0.1) is 5.41 Å². The van der Waals surface area contributed by atoms with Crippen molar-refractivity contribution in [3.63, 3.8) is 0 Å². The minimum absolute atomic E-state index is 0.149. The Bertz CT molecular complexity index is 362. The lowest BCUT2D eigenvalue weighted by atomic mass is 9.70. The maximum absolute atomic E-state index is 12.6. The maximum Gasteiger partial charge on any atom is 0.227 e. The molecular formula is C18H34N2O2. The Morgan fingerprint density at radius 2 is 1.77 bits per heavy atom. The molecule has 128 valence electrons. The van der Waals surface area contributed by atoms with Crippen LogP contribution in [0.5, 0.6) is 0 Å². The Hall–Kier alpha value is -0.610. The molecule has 0 aromatic heterocycles. The number of amides is 1. The Labute approximate surface area is 135 Å². The number of carbonyl (C=O) groups excluding carboxylic acids is 1. The predicted molar refractivity (Wildman–Crippen MR) is 89.5 cm³/mol. The predicted octanol–water partition coefficient (Wildman–Crippen LogP) is 2.71. The van der Waals surface area contributed by atoms with Gasteiger partial charge in [-0.2, -0.15) is 0 Å². The molecule has 2 rings (SSSR count). The number of nitrogens with one attached hydrogen (secondary N) is 1. The molecule has 0 aromatic rings. The molecule has 1 saturated carbocycles. The number of nitrogens with two attached hydrogens (primary N) is 1. The van der Waals surface area contributed by atoms with Gasteiger partial charge < -0.3 is 15.8 Å². The summed E-state index contributed by atoms with van der Waals surface area (Å²) >= 11 is 0. The third-order valence-corrected chi connectivity index (χ3v) is 5.95. The number of hydrogen-bond donors (Lipinski definition) is 2. The Morgan fingerprint density at radius 3 is 2.27 bits per heavy atom. The van der Waals surface area contributed by atoms with Crippen LogP contribution in [0.4, 0.5) is 0 Å². The fourth-order valence-corrected chi connectivity index (χ4v) is 3.94. The summed E-state index contributed by atoms with van der Waals surface area (Å²) in [6.45, 7) is 9.58. The lowest BCUT2D eigenvalue weighted by molar-refractivity contribution is -0.136. The topological polar surface area (TPSA) is 64.4 Å². The molecule has 0 unspecified atom stereocenters. The van der Waals surface area contributed by atoms with Crippen molar-refractivity contribution < 1.29 is 9.53 Å². The van der Waals surface area contributed by atoms with Crippen LogP contribution in [0, 0.1) is 22.7 Å². The number of ether oxygens (including phenoxy) is 1. The minimum Gasteiger partial charge on any atom is -0.381 e. The standard InChI is InChI=1S/C18H34N2O2/c1-17(2,3)15-6-4-14(5-7-15)12-20-16(21)18(13-19)8-10-22-11-9-18/h14-15H,4-13,19H2,1-3H3,(H,20,21). The van der Waals surface area contributed by atoms with Crippen LogP contribution < -0.4 is 11.1 Å². The van der Waals surface area contributed by atoms with Crippen LogP contribution in [0.25, 0.3) is 0 Å². The first kappa shape index (κ1) is 17.7. The molecule has 1 amide bonds. The summed E-state index contributed by atoms with van der Waals surface area (Å²) in [4.78, 5) is 12.6. The Morgan fingerprint density at radius 1 is 1.18 bits per heavy atom. The van der Waals surface area contributed by atoms with Gasteiger partial charge in [-0.05, 0) is 55.8 Å². The highest BCUT2D eigenvalue weighted by Gasteiger charge is 2.39. The summed E-state index contributed by atoms with van der Waals surface area (Å²) in [5.74, 6) is 1.61. The summed E-state index contributed by atoms with van der Waals surface area (Å²) in [5, 5.41) is 3.19. The van der Waals surface area contributed by atoms with Gasteiger partial charge in [-0.25, -0.2) is 0 Å². The molecular weight excluding hydrogens is 276 g/mol. The van der Waals surface area contributed by atoms with Crippen molar-refractivity contribution in [3.8, 4) is 0 Å². The van der Waals surface area contributed by atoms with Crippen molar-refractivity contribution in [2.75, 3.05) is 26.3 Å². The third kappa shape index (κ3) is 4.23. The van der Waals surface area contributed by atoms with Gasteiger partial charge in [-0.15, -0.1) is 0 Å². The van der Waals surface area contributed by atoms with E-state index in [4.69, 9.17) is 10.5 Å². The average molecular weight is 310 g/mol. The highest BCUT2D eigenvalue weighted by atomic mass is 16.5. The molecule has 1 heterocycles. The molecule has 2 aliphatic rings. The summed E-state index contributed by atoms with van der Waals surface area (Å²) in [6, 6.07) is 0. The monoisotopic (exact) mass is 310 g/mol. The van der Waals surface area contributed by atoms with Crippen molar-refractivity contribution >= 4 is 5.91 Å². The number of carbonyl (C=O) groups is 1. The van der Waals surface area contributed by atoms with E-state index in [1.807, 2.05) is 0 Å². The third-order valence-electron chi connectivity index (χ3n) is 5.95. The van der Waals surface area contributed by atoms with E-state index >= 15 is 0 Å². The van der Waals surface area contributed by atoms with E-state index in [2.05, 4.69) is 26.1 Å². The fraction of sp³-hybridized carbons (Fsp3) is 0.944. The van der Waals surface area contributed by atoms with E-state index in [1.165, 1.54) is 25.7 Å². The van der Waals surface area contributed by atoms with Crippen molar-refractivity contribution in [1.82, 2.24) is 5.32 Å². The smallest absolute Gasteiger partial charge is 0.227 e. The van der Waals surface area contributed by atoms with Crippen molar-refractivity contribution in [3.05, 3.63) is 0 Å². The molecule has 4 heteroatoms. The number of rotatable bonds is 4. The molecule has 3 N–H and O–H groups in total. The van der Waals surface area contributed by atoms with E-state index in [0.29, 0.717) is 31.1 Å². The fourth-order valence-electron chi connectivity index (χ4n) is 3.94. The summed E-state index contributed by atoms with van der Waals surface area (Å²) < 4.78 is 5.38. The molecule has 0 radical (unpaired) electrons. The van der Waals surface area contributed by atoms with Gasteiger partial charge >= 0.3 is 0 Å². The number of hydrogen-bond acceptors (Lipinski definition) is 3. The molecule has 0 spiro atoms. The van der Waals surface area contributed by atoms with E-state index < -0.39 is 0 Å². The van der Waals surface area contributed by atoms with Gasteiger partial charge in [0.1, 0.15) is 0 Å². The van der Waals surface area contributed by atoms with Crippen molar-refractivity contribution in [2.45, 2.75) is 59.3 Å². The van der Waals surface area contributed by atoms with Crippen LogP contribution in [-0.2, 0) is 9.53 Å². The van der Waals surface area contributed by atoms with Crippen molar-refractivity contribution in [1.29, 1.82) is 0 Å². The first-order valence-electron chi connectivity index (χ1n) is 8.93. The van der Waals surface area contributed by atoms with Crippen LogP contribution in [-0.4, -0.2) is 32.2 Å². The Balaban J connectivity index is 1.77. The minimum atomic E-state index is -0.388. The van der Waals surface area contributed by atoms with Gasteiger partial charge in [0.25, 0.3) is 0 Å². The largest absolute Gasteiger partial charge is 0.381 e. The highest BCUT2D eigenvalue weighted by Crippen LogP contribution is 2.39. The SMILES string of the molecule is CC(C)(C)C1CCC(CNC(=O)C2(CN)CCOCC2)CC1. The first-order valence-corrected chi connectivity index (χ1v) is 8.93. The quantitative estimate of drug-likeness (QED) is 0.839. The second-order valence-corrected chi connectivity index (χ2v) is 8.39. The van der Waals surface area contributed by atoms with Gasteiger partial charge in [0, 0.05) is 26.3 Å². The molecule has 4 nitrogen and oxygen atoms in total. The molecule has 0 aromatic carbocycles. The molecule has 22 heavy (non-hydrogen) atoms. The van der Waals surface area contributed by atoms with Crippen LogP contribution in [0.3, 0.4) is 0 Å². The van der Waals surface area contributed by atoms with E-state index in [0.717, 1.165) is 25.3 Å². The Kier molecular flexibility index (Phi) is 5.89. The maximum atomic E-state index is 12.6. The van der Waals surface area contributed by atoms with Gasteiger partial charge in [-0.3, -0.25) is 4.79 Å². The first-order chi connectivity index (χ1) is 10.4. The van der Waals surface area contributed by atoms with Gasteiger partial charge in [-0.1, -0.05) is 20.8 Å². The average Bonchev–Trinajstić information content (AvgIpc) is 2.52. The van der Waals surface area contributed by atoms with Gasteiger partial charge in [0.15, 0.2) is 0 Å². The zero-order valence-corrected chi connectivity index (χ0v) is 14.6. The normalized spacial score (nSPS) is 29.1. The molecule has 1 saturated heterocycles. The second kappa shape index (κ2) is 7.31. The lowest BCUT2D eigenvalue weighted by Crippen LogP contribution is -2.50. The van der Waals surface area contributed by atoms with E-state index in [1.54, 1.807) is 0 Å². The lowest BCUT2D eigenvalue weighted by Gasteiger charge is -2.38. The molecule has 1 aliphatic carbocycles. The van der Waals surface area contributed by atoms with Crippen LogP contribution in [0.2, 0.25) is 0 Å². The summed E-state index contributed by atoms with van der Waals surface area (Å²) in [7, 11) is 0. The molecule has 0 atom stereocenters. The zero-order valence-electron chi connectivity index (χ0n) is 14.6. The van der Waals surface area contributed by atoms with E-state index in [-0.39, 0.29) is 11.3 Å². The molecule has 1 aliphatic heterocycles. The van der Waals surface area contributed by atoms with Crippen LogP contribution >= 0.6 is 0 Å².